The van der Waals surface area contributed by atoms with Crippen molar-refractivity contribution in [2.45, 2.75) is 52.7 Å². The van der Waals surface area contributed by atoms with Crippen LogP contribution in [0.3, 0.4) is 0 Å². The number of aromatic nitrogens is 1. The average Bonchev–Trinajstić information content (AvgIpc) is 2.78. The highest BCUT2D eigenvalue weighted by molar-refractivity contribution is 5.81. The number of rotatable bonds is 12. The van der Waals surface area contributed by atoms with E-state index in [0.29, 0.717) is 30.0 Å². The Labute approximate surface area is 183 Å². The number of nitrogens with zero attached hydrogens (tertiary/aromatic N) is 1. The molecule has 3 rings (SSSR count). The minimum absolute atomic E-state index is 0.225. The van der Waals surface area contributed by atoms with Crippen LogP contribution in [0.5, 0.6) is 0 Å². The van der Waals surface area contributed by atoms with Crippen LogP contribution in [0.4, 0.5) is 5.69 Å². The second kappa shape index (κ2) is 11.6. The van der Waals surface area contributed by atoms with Gasteiger partial charge in [0.2, 0.25) is 5.89 Å². The fourth-order valence-electron chi connectivity index (χ4n) is 3.48. The molecule has 0 bridgehead atoms. The number of aryl methyl sites for hydroxylation is 1. The molecule has 0 atom stereocenters. The van der Waals surface area contributed by atoms with E-state index >= 15 is 0 Å². The molecule has 6 nitrogen and oxygen atoms in total. The number of anilines is 1. The number of unbranched alkanes of at least 4 members (excludes halogenated alkanes) is 1. The molecule has 0 aliphatic heterocycles. The Kier molecular flexibility index (Phi) is 8.62. The molecule has 0 unspecified atom stereocenters. The van der Waals surface area contributed by atoms with Gasteiger partial charge in [-0.3, -0.25) is 0 Å². The second-order valence-electron chi connectivity index (χ2n) is 7.36. The second-order valence-corrected chi connectivity index (χ2v) is 7.36. The van der Waals surface area contributed by atoms with E-state index in [1.807, 2.05) is 44.2 Å². The van der Waals surface area contributed by atoms with E-state index in [4.69, 9.17) is 13.9 Å². The van der Waals surface area contributed by atoms with Crippen LogP contribution >= 0.6 is 0 Å². The van der Waals surface area contributed by atoms with Gasteiger partial charge in [-0.15, -0.1) is 0 Å². The molecular formula is C25H32N2O4. The van der Waals surface area contributed by atoms with E-state index in [9.17, 15) is 4.79 Å². The Morgan fingerprint density at radius 3 is 2.58 bits per heavy atom. The molecule has 0 saturated carbocycles. The minimum Gasteiger partial charge on any atom is -0.403 e. The number of nitrogens with one attached hydrogen (secondary N) is 1. The molecule has 0 radical (unpaired) electrons. The van der Waals surface area contributed by atoms with Gasteiger partial charge < -0.3 is 19.2 Å². The van der Waals surface area contributed by atoms with E-state index in [0.717, 1.165) is 49.0 Å². The van der Waals surface area contributed by atoms with Gasteiger partial charge in [-0.1, -0.05) is 31.5 Å². The highest BCUT2D eigenvalue weighted by atomic mass is 16.7. The maximum absolute atomic E-state index is 12.5. The Bertz CT molecular complexity index is 1030. The molecule has 0 saturated heterocycles. The van der Waals surface area contributed by atoms with Gasteiger partial charge in [0.25, 0.3) is 0 Å². The summed E-state index contributed by atoms with van der Waals surface area (Å²) in [5.41, 5.74) is 3.07. The molecular weight excluding hydrogens is 392 g/mol. The van der Waals surface area contributed by atoms with Crippen LogP contribution < -0.4 is 10.9 Å². The number of fused-ring (bicyclic) bond motifs is 1. The van der Waals surface area contributed by atoms with Crippen molar-refractivity contribution in [3.8, 4) is 11.5 Å². The molecule has 1 N–H and O–H groups in total. The van der Waals surface area contributed by atoms with Gasteiger partial charge in [-0.2, -0.15) is 0 Å². The van der Waals surface area contributed by atoms with Crippen molar-refractivity contribution >= 4 is 16.6 Å². The third kappa shape index (κ3) is 6.15. The quantitative estimate of drug-likeness (QED) is 0.310. The molecule has 31 heavy (non-hydrogen) atoms. The van der Waals surface area contributed by atoms with Gasteiger partial charge in [0.15, 0.2) is 6.29 Å². The van der Waals surface area contributed by atoms with Crippen molar-refractivity contribution in [3.63, 3.8) is 0 Å². The van der Waals surface area contributed by atoms with Crippen LogP contribution in [0.25, 0.3) is 22.4 Å². The first kappa shape index (κ1) is 23.0. The zero-order valence-electron chi connectivity index (χ0n) is 18.6. The lowest BCUT2D eigenvalue weighted by molar-refractivity contribution is -0.139. The van der Waals surface area contributed by atoms with E-state index < -0.39 is 0 Å². The first-order chi connectivity index (χ1) is 15.2. The fourth-order valence-corrected chi connectivity index (χ4v) is 3.48. The van der Waals surface area contributed by atoms with Gasteiger partial charge in [0.1, 0.15) is 0 Å². The summed E-state index contributed by atoms with van der Waals surface area (Å²) in [6.45, 7) is 8.16. The molecule has 6 heteroatoms. The molecule has 0 aliphatic carbocycles. The number of benzene rings is 2. The molecule has 2 aromatic carbocycles. The normalized spacial score (nSPS) is 11.4. The maximum Gasteiger partial charge on any atom is 0.347 e. The Morgan fingerprint density at radius 1 is 1.06 bits per heavy atom. The zero-order valence-corrected chi connectivity index (χ0v) is 18.6. The third-order valence-electron chi connectivity index (χ3n) is 5.07. The van der Waals surface area contributed by atoms with Gasteiger partial charge in [-0.05, 0) is 56.5 Å². The number of para-hydroxylation sites is 1. The molecule has 0 fully saturated rings. The third-order valence-corrected chi connectivity index (χ3v) is 5.07. The largest absolute Gasteiger partial charge is 0.403 e. The van der Waals surface area contributed by atoms with Crippen molar-refractivity contribution in [2.75, 3.05) is 25.1 Å². The predicted octanol–water partition coefficient (Wildman–Crippen LogP) is 5.40. The topological polar surface area (TPSA) is 73.6 Å². The molecule has 1 heterocycles. The van der Waals surface area contributed by atoms with Crippen LogP contribution in [0.15, 0.2) is 51.7 Å². The molecule has 0 aliphatic rings. The fraction of sp³-hybridized carbons (Fsp3) is 0.440. The predicted molar refractivity (Wildman–Crippen MR) is 124 cm³/mol. The van der Waals surface area contributed by atoms with Crippen LogP contribution in [0.2, 0.25) is 0 Å². The van der Waals surface area contributed by atoms with Crippen molar-refractivity contribution < 1.29 is 13.9 Å². The van der Waals surface area contributed by atoms with E-state index in [1.165, 1.54) is 0 Å². The van der Waals surface area contributed by atoms with Gasteiger partial charge in [0, 0.05) is 31.9 Å². The average molecular weight is 425 g/mol. The molecule has 166 valence electrons. The number of hydrogen-bond donors (Lipinski definition) is 1. The summed E-state index contributed by atoms with van der Waals surface area (Å²) in [6, 6.07) is 13.4. The smallest absolute Gasteiger partial charge is 0.347 e. The monoisotopic (exact) mass is 424 g/mol. The lowest BCUT2D eigenvalue weighted by Crippen LogP contribution is -2.18. The van der Waals surface area contributed by atoms with E-state index in [-0.39, 0.29) is 11.9 Å². The lowest BCUT2D eigenvalue weighted by Gasteiger charge is -2.17. The number of ether oxygens (including phenoxy) is 2. The molecule has 0 spiro atoms. The van der Waals surface area contributed by atoms with Crippen LogP contribution in [-0.4, -0.2) is 31.0 Å². The summed E-state index contributed by atoms with van der Waals surface area (Å²) in [7, 11) is 0. The molecule has 3 aromatic rings. The van der Waals surface area contributed by atoms with E-state index in [2.05, 4.69) is 23.3 Å². The Balaban J connectivity index is 1.93. The lowest BCUT2D eigenvalue weighted by atomic mass is 10.0. The molecule has 0 amide bonds. The van der Waals surface area contributed by atoms with Crippen molar-refractivity contribution in [1.29, 1.82) is 0 Å². The van der Waals surface area contributed by atoms with Gasteiger partial charge >= 0.3 is 5.63 Å². The Morgan fingerprint density at radius 2 is 1.84 bits per heavy atom. The summed E-state index contributed by atoms with van der Waals surface area (Å²) >= 11 is 0. The summed E-state index contributed by atoms with van der Waals surface area (Å²) in [6.07, 6.45) is 3.46. The van der Waals surface area contributed by atoms with Crippen molar-refractivity contribution in [1.82, 2.24) is 4.98 Å². The van der Waals surface area contributed by atoms with Crippen LogP contribution in [0.1, 0.15) is 45.6 Å². The van der Waals surface area contributed by atoms with Crippen LogP contribution in [-0.2, 0) is 15.9 Å². The highest BCUT2D eigenvalue weighted by Gasteiger charge is 2.15. The highest BCUT2D eigenvalue weighted by Crippen LogP contribution is 2.29. The minimum atomic E-state index is -0.377. The number of hydrogen-bond acceptors (Lipinski definition) is 6. The molecule has 1 aromatic heterocycles. The van der Waals surface area contributed by atoms with Crippen molar-refractivity contribution in [3.05, 3.63) is 58.4 Å². The first-order valence-electron chi connectivity index (χ1n) is 11.2. The van der Waals surface area contributed by atoms with E-state index in [1.54, 1.807) is 6.07 Å². The SMILES string of the molecule is CCCCNc1ccc(CCC(OCC)OCC)cc1-c1nc2ccccc2c(=O)o1. The summed E-state index contributed by atoms with van der Waals surface area (Å²) < 4.78 is 17.0. The Hall–Kier alpha value is -2.70. The summed E-state index contributed by atoms with van der Waals surface area (Å²) in [4.78, 5) is 17.2. The first-order valence-corrected chi connectivity index (χ1v) is 11.2. The zero-order chi connectivity index (χ0) is 22.1. The van der Waals surface area contributed by atoms with Crippen LogP contribution in [0, 0.1) is 0 Å². The summed E-state index contributed by atoms with van der Waals surface area (Å²) in [5, 5.41) is 3.95. The summed E-state index contributed by atoms with van der Waals surface area (Å²) in [5.74, 6) is 0.329. The maximum atomic E-state index is 12.5. The standard InChI is InChI=1S/C25H32N2O4/c1-4-7-16-26-21-14-12-18(13-15-23(29-5-2)30-6-3)17-20(21)24-27-22-11-9-8-10-19(22)25(28)31-24/h8-12,14,17,23,26H,4-7,13,15-16H2,1-3H3. The van der Waals surface area contributed by atoms with Crippen molar-refractivity contribution in [2.24, 2.45) is 0 Å². The van der Waals surface area contributed by atoms with Gasteiger partial charge in [-0.25, -0.2) is 9.78 Å². The van der Waals surface area contributed by atoms with Gasteiger partial charge in [0.05, 0.1) is 16.5 Å².